The van der Waals surface area contributed by atoms with Crippen LogP contribution in [0, 0.1) is 6.92 Å². The lowest BCUT2D eigenvalue weighted by atomic mass is 10.1. The van der Waals surface area contributed by atoms with Crippen LogP contribution in [0.15, 0.2) is 42.6 Å². The SMILES string of the molecule is COC(=O)c1cccc(Nc2c(C(=O)N3CCCC3)cnc3nc(C)ccc23)c1. The van der Waals surface area contributed by atoms with Crippen LogP contribution >= 0.6 is 0 Å². The summed E-state index contributed by atoms with van der Waals surface area (Å²) in [5.74, 6) is -0.469. The monoisotopic (exact) mass is 390 g/mol. The van der Waals surface area contributed by atoms with Crippen LogP contribution in [0.4, 0.5) is 11.4 Å². The van der Waals surface area contributed by atoms with E-state index in [9.17, 15) is 9.59 Å². The third-order valence-electron chi connectivity index (χ3n) is 5.05. The zero-order valence-electron chi connectivity index (χ0n) is 16.4. The smallest absolute Gasteiger partial charge is 0.337 e. The van der Waals surface area contributed by atoms with Crippen LogP contribution in [0.25, 0.3) is 11.0 Å². The molecular weight excluding hydrogens is 368 g/mol. The minimum atomic E-state index is -0.418. The number of ether oxygens (including phenoxy) is 1. The third kappa shape index (κ3) is 3.76. The standard InChI is InChI=1S/C22H22N4O3/c1-14-8-9-17-19(25-16-7-5-6-15(12-16)22(28)29-2)18(13-23-20(17)24-14)21(27)26-10-3-4-11-26/h5-9,12-13H,3-4,10-11H2,1-2H3,(H,23,24,25). The van der Waals surface area contributed by atoms with E-state index in [1.54, 1.807) is 24.4 Å². The number of fused-ring (bicyclic) bond motifs is 1. The molecule has 0 spiro atoms. The van der Waals surface area contributed by atoms with E-state index in [0.29, 0.717) is 28.1 Å². The van der Waals surface area contributed by atoms with Gasteiger partial charge in [-0.15, -0.1) is 0 Å². The van der Waals surface area contributed by atoms with Gasteiger partial charge in [0.15, 0.2) is 5.65 Å². The maximum Gasteiger partial charge on any atom is 0.337 e. The molecule has 148 valence electrons. The van der Waals surface area contributed by atoms with Gasteiger partial charge >= 0.3 is 5.97 Å². The highest BCUT2D eigenvalue weighted by atomic mass is 16.5. The largest absolute Gasteiger partial charge is 0.465 e. The highest BCUT2D eigenvalue weighted by Crippen LogP contribution is 2.30. The fourth-order valence-corrected chi connectivity index (χ4v) is 3.55. The van der Waals surface area contributed by atoms with E-state index in [-0.39, 0.29) is 5.91 Å². The Balaban J connectivity index is 1.81. The highest BCUT2D eigenvalue weighted by molar-refractivity contribution is 6.07. The van der Waals surface area contributed by atoms with Gasteiger partial charge < -0.3 is 15.0 Å². The summed E-state index contributed by atoms with van der Waals surface area (Å²) in [4.78, 5) is 35.8. The van der Waals surface area contributed by atoms with Crippen molar-refractivity contribution in [2.24, 2.45) is 0 Å². The summed E-state index contributed by atoms with van der Waals surface area (Å²) in [5.41, 5.74) is 3.65. The molecular formula is C22H22N4O3. The number of nitrogens with one attached hydrogen (secondary N) is 1. The highest BCUT2D eigenvalue weighted by Gasteiger charge is 2.24. The van der Waals surface area contributed by atoms with E-state index >= 15 is 0 Å². The first-order chi connectivity index (χ1) is 14.1. The Morgan fingerprint density at radius 3 is 2.69 bits per heavy atom. The number of aryl methyl sites for hydroxylation is 1. The third-order valence-corrected chi connectivity index (χ3v) is 5.05. The predicted molar refractivity (Wildman–Crippen MR) is 110 cm³/mol. The molecule has 1 aromatic carbocycles. The number of likely N-dealkylation sites (tertiary alicyclic amines) is 1. The molecule has 1 aliphatic heterocycles. The molecule has 7 nitrogen and oxygen atoms in total. The second-order valence-electron chi connectivity index (χ2n) is 7.07. The van der Waals surface area contributed by atoms with Gasteiger partial charge in [-0.2, -0.15) is 0 Å². The molecule has 3 heterocycles. The first kappa shape index (κ1) is 18.9. The fourth-order valence-electron chi connectivity index (χ4n) is 3.55. The molecule has 4 rings (SSSR count). The number of carbonyl (C=O) groups excluding carboxylic acids is 2. The Kier molecular flexibility index (Phi) is 5.12. The van der Waals surface area contributed by atoms with Crippen molar-refractivity contribution in [1.82, 2.24) is 14.9 Å². The first-order valence-corrected chi connectivity index (χ1v) is 9.58. The van der Waals surface area contributed by atoms with Gasteiger partial charge in [-0.25, -0.2) is 14.8 Å². The summed E-state index contributed by atoms with van der Waals surface area (Å²) in [6, 6.07) is 10.8. The van der Waals surface area contributed by atoms with E-state index in [0.717, 1.165) is 37.0 Å². The summed E-state index contributed by atoms with van der Waals surface area (Å²) in [6.07, 6.45) is 3.61. The molecule has 0 bridgehead atoms. The molecule has 0 radical (unpaired) electrons. The number of anilines is 2. The molecule has 1 amide bonds. The van der Waals surface area contributed by atoms with Crippen LogP contribution in [0.2, 0.25) is 0 Å². The van der Waals surface area contributed by atoms with Gasteiger partial charge in [-0.05, 0) is 50.1 Å². The van der Waals surface area contributed by atoms with Crippen molar-refractivity contribution >= 4 is 34.3 Å². The van der Waals surface area contributed by atoms with Crippen molar-refractivity contribution in [1.29, 1.82) is 0 Å². The summed E-state index contributed by atoms with van der Waals surface area (Å²) >= 11 is 0. The number of methoxy groups -OCH3 is 1. The zero-order valence-corrected chi connectivity index (χ0v) is 16.4. The van der Waals surface area contributed by atoms with Gasteiger partial charge in [0.1, 0.15) is 0 Å². The Labute approximate surface area is 168 Å². The number of hydrogen-bond acceptors (Lipinski definition) is 6. The molecule has 1 N–H and O–H groups in total. The van der Waals surface area contributed by atoms with Crippen molar-refractivity contribution < 1.29 is 14.3 Å². The van der Waals surface area contributed by atoms with Crippen LogP contribution in [0.3, 0.4) is 0 Å². The van der Waals surface area contributed by atoms with E-state index in [1.807, 2.05) is 30.0 Å². The van der Waals surface area contributed by atoms with Gasteiger partial charge in [-0.1, -0.05) is 6.07 Å². The maximum absolute atomic E-state index is 13.1. The minimum absolute atomic E-state index is 0.0518. The molecule has 0 unspecified atom stereocenters. The molecule has 3 aromatic rings. The summed E-state index contributed by atoms with van der Waals surface area (Å²) in [5, 5.41) is 4.08. The second-order valence-corrected chi connectivity index (χ2v) is 7.07. The molecule has 1 fully saturated rings. The molecule has 0 saturated carbocycles. The van der Waals surface area contributed by atoms with Gasteiger partial charge in [0.25, 0.3) is 5.91 Å². The fraction of sp³-hybridized carbons (Fsp3) is 0.273. The Hall–Kier alpha value is -3.48. The Morgan fingerprint density at radius 2 is 1.93 bits per heavy atom. The molecule has 7 heteroatoms. The summed E-state index contributed by atoms with van der Waals surface area (Å²) in [6.45, 7) is 3.40. The number of aromatic nitrogens is 2. The van der Waals surface area contributed by atoms with Gasteiger partial charge in [-0.3, -0.25) is 4.79 Å². The van der Waals surface area contributed by atoms with Crippen molar-refractivity contribution in [2.75, 3.05) is 25.5 Å². The number of carbonyl (C=O) groups is 2. The maximum atomic E-state index is 13.1. The number of amides is 1. The van der Waals surface area contributed by atoms with Crippen molar-refractivity contribution in [2.45, 2.75) is 19.8 Å². The van der Waals surface area contributed by atoms with Crippen LogP contribution in [-0.2, 0) is 4.74 Å². The molecule has 29 heavy (non-hydrogen) atoms. The summed E-state index contributed by atoms with van der Waals surface area (Å²) < 4.78 is 4.81. The Bertz CT molecular complexity index is 1090. The number of nitrogens with zero attached hydrogens (tertiary/aromatic N) is 3. The number of pyridine rings is 2. The lowest BCUT2D eigenvalue weighted by Crippen LogP contribution is -2.28. The minimum Gasteiger partial charge on any atom is -0.465 e. The van der Waals surface area contributed by atoms with Crippen LogP contribution in [0.5, 0.6) is 0 Å². The van der Waals surface area contributed by atoms with Crippen molar-refractivity contribution in [3.8, 4) is 0 Å². The molecule has 0 aliphatic carbocycles. The quantitative estimate of drug-likeness (QED) is 0.684. The zero-order chi connectivity index (χ0) is 20.4. The molecule has 1 saturated heterocycles. The topological polar surface area (TPSA) is 84.4 Å². The number of hydrogen-bond donors (Lipinski definition) is 1. The number of rotatable bonds is 4. The first-order valence-electron chi connectivity index (χ1n) is 9.58. The van der Waals surface area contributed by atoms with Gasteiger partial charge in [0, 0.05) is 36.1 Å². The Morgan fingerprint density at radius 1 is 1.14 bits per heavy atom. The molecule has 2 aromatic heterocycles. The number of esters is 1. The van der Waals surface area contributed by atoms with Crippen LogP contribution in [0.1, 0.15) is 39.3 Å². The van der Waals surface area contributed by atoms with Crippen LogP contribution < -0.4 is 5.32 Å². The lowest BCUT2D eigenvalue weighted by molar-refractivity contribution is 0.0600. The number of benzene rings is 1. The van der Waals surface area contributed by atoms with Crippen LogP contribution in [-0.4, -0.2) is 46.9 Å². The van der Waals surface area contributed by atoms with E-state index < -0.39 is 5.97 Å². The predicted octanol–water partition coefficient (Wildman–Crippen LogP) is 3.70. The van der Waals surface area contributed by atoms with E-state index in [2.05, 4.69) is 15.3 Å². The second kappa shape index (κ2) is 7.87. The average Bonchev–Trinajstić information content (AvgIpc) is 3.28. The van der Waals surface area contributed by atoms with Gasteiger partial charge in [0.2, 0.25) is 0 Å². The summed E-state index contributed by atoms with van der Waals surface area (Å²) in [7, 11) is 1.35. The lowest BCUT2D eigenvalue weighted by Gasteiger charge is -2.19. The molecule has 0 atom stereocenters. The van der Waals surface area contributed by atoms with E-state index in [1.165, 1.54) is 7.11 Å². The van der Waals surface area contributed by atoms with Crippen molar-refractivity contribution in [3.05, 3.63) is 59.4 Å². The van der Waals surface area contributed by atoms with Crippen molar-refractivity contribution in [3.63, 3.8) is 0 Å². The molecule has 1 aliphatic rings. The van der Waals surface area contributed by atoms with E-state index in [4.69, 9.17) is 4.74 Å². The average molecular weight is 390 g/mol. The normalized spacial score (nSPS) is 13.5. The van der Waals surface area contributed by atoms with Gasteiger partial charge in [0.05, 0.1) is 23.9 Å².